The summed E-state index contributed by atoms with van der Waals surface area (Å²) < 4.78 is 0. The molecule has 0 atom stereocenters. The Morgan fingerprint density at radius 3 is 1.33 bits per heavy atom. The summed E-state index contributed by atoms with van der Waals surface area (Å²) in [6, 6.07) is 0. The normalized spacial score (nSPS) is 5.67. The zero-order chi connectivity index (χ0) is 7.15. The molecular weight excluding hydrogens is 320 g/mol. The number of hydrogen-bond donors (Lipinski definition) is 2. The predicted octanol–water partition coefficient (Wildman–Crippen LogP) is -0.973. The standard InChI is InChI=1S/CH2O3.3ClH.In.K.H/c2-1(3)4;;;;;;/h(H2,2,3,4);3*1H;;;/q;;;;+3;+1;-1/p-3. The van der Waals surface area contributed by atoms with Crippen LogP contribution in [-0.4, -0.2) is 34.3 Å². The maximum absolute atomic E-state index is 8.56. The van der Waals surface area contributed by atoms with Crippen LogP contribution in [0.2, 0.25) is 0 Å². The summed E-state index contributed by atoms with van der Waals surface area (Å²) in [6.45, 7) is 0. The van der Waals surface area contributed by atoms with Gasteiger partial charge in [-0.3, -0.25) is 0 Å². The van der Waals surface area contributed by atoms with E-state index >= 15 is 0 Å². The first-order valence-electron chi connectivity index (χ1n) is 1.31. The number of carboxylic acid groups (broad SMARTS) is 2. The summed E-state index contributed by atoms with van der Waals surface area (Å²) in [5.74, 6) is 0. The Labute approximate surface area is 115 Å². The van der Waals surface area contributed by atoms with Crippen molar-refractivity contribution in [1.82, 2.24) is 0 Å². The van der Waals surface area contributed by atoms with Crippen LogP contribution in [0.5, 0.6) is 0 Å². The van der Waals surface area contributed by atoms with Crippen molar-refractivity contribution in [2.75, 3.05) is 0 Å². The Bertz CT molecular complexity index is 68.0. The first-order valence-corrected chi connectivity index (χ1v) is 13.8. The molecule has 0 unspecified atom stereocenters. The first kappa shape index (κ1) is 17.7. The Balaban J connectivity index is -0.0000000300. The van der Waals surface area contributed by atoms with E-state index in [-0.39, 0.29) is 52.8 Å². The SMILES string of the molecule is O=C(O)O.[Cl][In]([Cl])[Cl].[H-].[K+]. The van der Waals surface area contributed by atoms with Crippen LogP contribution in [0.3, 0.4) is 0 Å². The van der Waals surface area contributed by atoms with E-state index in [0.29, 0.717) is 0 Å². The summed E-state index contributed by atoms with van der Waals surface area (Å²) in [5.41, 5.74) is 0. The van der Waals surface area contributed by atoms with E-state index in [0.717, 1.165) is 0 Å². The van der Waals surface area contributed by atoms with Gasteiger partial charge in [0.05, 0.1) is 0 Å². The van der Waals surface area contributed by atoms with E-state index in [1.165, 1.54) is 0 Å². The van der Waals surface area contributed by atoms with Crippen molar-refractivity contribution in [3.05, 3.63) is 0 Å². The van der Waals surface area contributed by atoms with Crippen molar-refractivity contribution in [2.45, 2.75) is 0 Å². The van der Waals surface area contributed by atoms with E-state index < -0.39 is 24.0 Å². The van der Waals surface area contributed by atoms with Crippen LogP contribution in [0.4, 0.5) is 4.79 Å². The van der Waals surface area contributed by atoms with Crippen molar-refractivity contribution in [1.29, 1.82) is 0 Å². The van der Waals surface area contributed by atoms with Gasteiger partial charge in [0, 0.05) is 0 Å². The fourth-order valence-electron chi connectivity index (χ4n) is 0. The monoisotopic (exact) mass is 322 g/mol. The van der Waals surface area contributed by atoms with E-state index in [9.17, 15) is 0 Å². The molecule has 3 nitrogen and oxygen atoms in total. The molecule has 9 heavy (non-hydrogen) atoms. The molecule has 2 N–H and O–H groups in total. The number of halogens is 3. The number of rotatable bonds is 0. The minimum atomic E-state index is -2.22. The van der Waals surface area contributed by atoms with Crippen molar-refractivity contribution < 1.29 is 67.8 Å². The molecule has 0 rings (SSSR count). The largest absolute Gasteiger partial charge is 1.00 e. The maximum atomic E-state index is 8.56. The van der Waals surface area contributed by atoms with E-state index in [1.54, 1.807) is 0 Å². The topological polar surface area (TPSA) is 57.5 Å². The minimum Gasteiger partial charge on any atom is -1.00 e. The third kappa shape index (κ3) is 114. The smallest absolute Gasteiger partial charge is 1.00 e. The Hall–Kier alpha value is 2.65. The first-order chi connectivity index (χ1) is 3.46. The molecule has 8 heteroatoms. The van der Waals surface area contributed by atoms with Crippen LogP contribution in [0, 0.1) is 0 Å². The van der Waals surface area contributed by atoms with Gasteiger partial charge in [-0.2, -0.15) is 0 Å². The second kappa shape index (κ2) is 13.3. The molecule has 0 fully saturated rings. The molecule has 0 radical (unpaired) electrons. The molecular formula is CH3Cl3InKO3. The minimum absolute atomic E-state index is 0. The van der Waals surface area contributed by atoms with Crippen LogP contribution in [0.15, 0.2) is 0 Å². The van der Waals surface area contributed by atoms with Crippen molar-refractivity contribution in [2.24, 2.45) is 0 Å². The van der Waals surface area contributed by atoms with Gasteiger partial charge in [0.15, 0.2) is 0 Å². The van der Waals surface area contributed by atoms with Gasteiger partial charge in [-0.15, -0.1) is 0 Å². The Kier molecular flexibility index (Phi) is 26.0. The summed E-state index contributed by atoms with van der Waals surface area (Å²) in [7, 11) is 15.0. The zero-order valence-electron chi connectivity index (χ0n) is 5.51. The molecule has 0 aliphatic heterocycles. The Morgan fingerprint density at radius 2 is 1.33 bits per heavy atom. The van der Waals surface area contributed by atoms with Crippen molar-refractivity contribution in [3.8, 4) is 0 Å². The van der Waals surface area contributed by atoms with Gasteiger partial charge >= 0.3 is 101 Å². The molecule has 0 aromatic heterocycles. The van der Waals surface area contributed by atoms with Crippen LogP contribution < -0.4 is 51.4 Å². The van der Waals surface area contributed by atoms with E-state index in [2.05, 4.69) is 0 Å². The summed E-state index contributed by atoms with van der Waals surface area (Å²) >= 11 is -2.22. The molecule has 0 aliphatic rings. The average molecular weight is 323 g/mol. The van der Waals surface area contributed by atoms with Gasteiger partial charge in [0.1, 0.15) is 0 Å². The summed E-state index contributed by atoms with van der Waals surface area (Å²) in [6.07, 6.45) is -1.83. The average Bonchev–Trinajstić information content (AvgIpc) is 1.25. The summed E-state index contributed by atoms with van der Waals surface area (Å²) in [5, 5.41) is 13.9. The molecule has 0 heterocycles. The number of hydrogen-bond acceptors (Lipinski definition) is 1. The Morgan fingerprint density at radius 1 is 1.33 bits per heavy atom. The van der Waals surface area contributed by atoms with Crippen LogP contribution in [0.25, 0.3) is 0 Å². The van der Waals surface area contributed by atoms with Crippen LogP contribution in [-0.2, 0) is 0 Å². The second-order valence-corrected chi connectivity index (χ2v) is 15.2. The van der Waals surface area contributed by atoms with Gasteiger partial charge in [0.25, 0.3) is 0 Å². The van der Waals surface area contributed by atoms with E-state index in [1.807, 2.05) is 0 Å². The fraction of sp³-hybridized carbons (Fsp3) is 0. The third-order valence-electron chi connectivity index (χ3n) is 0. The fourth-order valence-corrected chi connectivity index (χ4v) is 0. The molecule has 0 aromatic rings. The van der Waals surface area contributed by atoms with Gasteiger partial charge in [-0.25, -0.2) is 4.79 Å². The quantitative estimate of drug-likeness (QED) is 0.564. The predicted molar refractivity (Wildman–Crippen MR) is 35.1 cm³/mol. The molecule has 0 saturated heterocycles. The van der Waals surface area contributed by atoms with Gasteiger partial charge < -0.3 is 11.6 Å². The molecule has 0 aliphatic carbocycles. The molecule has 0 spiro atoms. The van der Waals surface area contributed by atoms with Gasteiger partial charge in [0.2, 0.25) is 0 Å². The molecule has 0 amide bonds. The number of carbonyl (C=O) groups is 1. The molecule has 0 saturated carbocycles. The van der Waals surface area contributed by atoms with Crippen LogP contribution >= 0.6 is 25.7 Å². The molecule has 50 valence electrons. The maximum Gasteiger partial charge on any atom is 1.00 e. The van der Waals surface area contributed by atoms with E-state index in [4.69, 9.17) is 40.7 Å². The zero-order valence-corrected chi connectivity index (χ0v) is 13.2. The second-order valence-electron chi connectivity index (χ2n) is 0.530. The molecule has 0 aromatic carbocycles. The van der Waals surface area contributed by atoms with Crippen LogP contribution in [0.1, 0.15) is 1.43 Å². The van der Waals surface area contributed by atoms with Gasteiger partial charge in [-0.05, 0) is 0 Å². The molecule has 0 bridgehead atoms. The van der Waals surface area contributed by atoms with Crippen molar-refractivity contribution >= 4 is 49.8 Å². The van der Waals surface area contributed by atoms with Gasteiger partial charge in [-0.1, -0.05) is 0 Å². The van der Waals surface area contributed by atoms with Crippen molar-refractivity contribution in [3.63, 3.8) is 0 Å². The third-order valence-corrected chi connectivity index (χ3v) is 0. The summed E-state index contributed by atoms with van der Waals surface area (Å²) in [4.78, 5) is 8.56.